The predicted octanol–water partition coefficient (Wildman–Crippen LogP) is 8.01. The van der Waals surface area contributed by atoms with Crippen molar-refractivity contribution in [3.8, 4) is 5.75 Å². The van der Waals surface area contributed by atoms with E-state index in [0.717, 1.165) is 5.56 Å². The maximum atomic E-state index is 13.6. The van der Waals surface area contributed by atoms with Gasteiger partial charge in [-0.3, -0.25) is 4.79 Å². The summed E-state index contributed by atoms with van der Waals surface area (Å²) in [5.41, 5.74) is 4.61. The van der Waals surface area contributed by atoms with E-state index in [2.05, 4.69) is 5.32 Å². The van der Waals surface area contributed by atoms with Gasteiger partial charge in [0.25, 0.3) is 0 Å². The molecule has 5 nitrogen and oxygen atoms in total. The highest BCUT2D eigenvalue weighted by Crippen LogP contribution is 2.49. The summed E-state index contributed by atoms with van der Waals surface area (Å²) < 4.78 is 11.3. The zero-order chi connectivity index (χ0) is 27.1. The molecule has 0 fully saturated rings. The van der Waals surface area contributed by atoms with Crippen molar-refractivity contribution in [3.63, 3.8) is 0 Å². The topological polar surface area (TPSA) is 64.6 Å². The SMILES string of the molecule is CCOC(=O)C1=C(C)NC2=C(C(=O)c3ccccc32)[C@@H]1c1cc(Cl)c(OCc2ccc(Cl)cc2Cl)c(Cl)c1. The molecule has 3 aromatic carbocycles. The van der Waals surface area contributed by atoms with Gasteiger partial charge in [0, 0.05) is 43.9 Å². The molecular weight excluding hydrogens is 568 g/mol. The fourth-order valence-electron chi connectivity index (χ4n) is 4.81. The second-order valence-corrected chi connectivity index (χ2v) is 10.5. The molecule has 5 rings (SSSR count). The van der Waals surface area contributed by atoms with E-state index in [1.807, 2.05) is 18.2 Å². The molecule has 0 saturated carbocycles. The average Bonchev–Trinajstić information content (AvgIpc) is 3.15. The lowest BCUT2D eigenvalue weighted by atomic mass is 9.80. The molecule has 0 spiro atoms. The van der Waals surface area contributed by atoms with Crippen molar-refractivity contribution in [2.45, 2.75) is 26.4 Å². The number of esters is 1. The minimum Gasteiger partial charge on any atom is -0.486 e. The summed E-state index contributed by atoms with van der Waals surface area (Å²) in [7, 11) is 0. The van der Waals surface area contributed by atoms with Crippen molar-refractivity contribution in [2.24, 2.45) is 0 Å². The molecule has 0 aromatic heterocycles. The number of Topliss-reactive ketones (excluding diaryl/α,β-unsaturated/α-hetero) is 1. The van der Waals surface area contributed by atoms with Gasteiger partial charge in [-0.2, -0.15) is 0 Å². The Kier molecular flexibility index (Phi) is 7.47. The Morgan fingerprint density at radius 3 is 2.29 bits per heavy atom. The smallest absolute Gasteiger partial charge is 0.336 e. The number of ether oxygens (including phenoxy) is 2. The third-order valence-electron chi connectivity index (χ3n) is 6.49. The number of benzene rings is 3. The van der Waals surface area contributed by atoms with Crippen LogP contribution in [0.2, 0.25) is 20.1 Å². The van der Waals surface area contributed by atoms with Gasteiger partial charge >= 0.3 is 5.97 Å². The molecule has 0 bridgehead atoms. The Morgan fingerprint density at radius 2 is 1.63 bits per heavy atom. The molecule has 0 saturated heterocycles. The molecule has 1 aliphatic heterocycles. The molecule has 3 aromatic rings. The first-order chi connectivity index (χ1) is 18.2. The molecule has 1 N–H and O–H groups in total. The number of dihydropyridines is 1. The molecule has 194 valence electrons. The fraction of sp³-hybridized carbons (Fsp3) is 0.172. The van der Waals surface area contributed by atoms with E-state index < -0.39 is 11.9 Å². The van der Waals surface area contributed by atoms with Crippen LogP contribution in [0.3, 0.4) is 0 Å². The maximum Gasteiger partial charge on any atom is 0.336 e. The highest BCUT2D eigenvalue weighted by molar-refractivity contribution is 6.37. The Balaban J connectivity index is 1.57. The molecule has 0 unspecified atom stereocenters. The summed E-state index contributed by atoms with van der Waals surface area (Å²) in [6.45, 7) is 3.81. The van der Waals surface area contributed by atoms with Gasteiger partial charge in [0.05, 0.1) is 27.9 Å². The van der Waals surface area contributed by atoms with Crippen molar-refractivity contribution < 1.29 is 19.1 Å². The Bertz CT molecular complexity index is 1540. The molecule has 38 heavy (non-hydrogen) atoms. The summed E-state index contributed by atoms with van der Waals surface area (Å²) in [5.74, 6) is -1.19. The molecule has 1 atom stereocenters. The fourth-order valence-corrected chi connectivity index (χ4v) is 5.89. The van der Waals surface area contributed by atoms with Gasteiger partial charge < -0.3 is 14.8 Å². The third kappa shape index (κ3) is 4.69. The lowest BCUT2D eigenvalue weighted by Gasteiger charge is -2.29. The largest absolute Gasteiger partial charge is 0.486 e. The number of nitrogens with one attached hydrogen (secondary N) is 1. The van der Waals surface area contributed by atoms with Crippen molar-refractivity contribution in [1.82, 2.24) is 5.32 Å². The minimum atomic E-state index is -0.750. The van der Waals surface area contributed by atoms with E-state index in [4.69, 9.17) is 55.9 Å². The first-order valence-electron chi connectivity index (χ1n) is 11.8. The number of carbonyl (C=O) groups excluding carboxylic acids is 2. The number of rotatable bonds is 6. The van der Waals surface area contributed by atoms with Crippen molar-refractivity contribution in [2.75, 3.05) is 6.61 Å². The maximum absolute atomic E-state index is 13.6. The van der Waals surface area contributed by atoms with Crippen LogP contribution in [0.5, 0.6) is 5.75 Å². The molecular formula is C29H21Cl4NO4. The molecule has 9 heteroatoms. The number of hydrogen-bond donors (Lipinski definition) is 1. The van der Waals surface area contributed by atoms with E-state index in [0.29, 0.717) is 49.3 Å². The minimum absolute atomic E-state index is 0.109. The zero-order valence-corrected chi connectivity index (χ0v) is 23.4. The van der Waals surface area contributed by atoms with E-state index in [1.165, 1.54) is 0 Å². The molecule has 1 aliphatic carbocycles. The van der Waals surface area contributed by atoms with Gasteiger partial charge in [-0.1, -0.05) is 76.7 Å². The van der Waals surface area contributed by atoms with Crippen LogP contribution in [0.4, 0.5) is 0 Å². The Morgan fingerprint density at radius 1 is 0.947 bits per heavy atom. The zero-order valence-electron chi connectivity index (χ0n) is 20.3. The van der Waals surface area contributed by atoms with Gasteiger partial charge in [0.2, 0.25) is 0 Å². The van der Waals surface area contributed by atoms with E-state index in [-0.39, 0.29) is 34.8 Å². The first-order valence-corrected chi connectivity index (χ1v) is 13.3. The van der Waals surface area contributed by atoms with Crippen LogP contribution in [-0.2, 0) is 16.1 Å². The second-order valence-electron chi connectivity index (χ2n) is 8.82. The number of hydrogen-bond acceptors (Lipinski definition) is 5. The van der Waals surface area contributed by atoms with Crippen LogP contribution < -0.4 is 10.1 Å². The van der Waals surface area contributed by atoms with Gasteiger partial charge in [-0.15, -0.1) is 0 Å². The van der Waals surface area contributed by atoms with E-state index in [1.54, 1.807) is 50.2 Å². The van der Waals surface area contributed by atoms with E-state index in [9.17, 15) is 9.59 Å². The van der Waals surface area contributed by atoms with Gasteiger partial charge in [-0.05, 0) is 43.7 Å². The summed E-state index contributed by atoms with van der Waals surface area (Å²) in [6, 6.07) is 15.7. The number of halogens is 4. The first kappa shape index (κ1) is 26.6. The summed E-state index contributed by atoms with van der Waals surface area (Å²) >= 11 is 25.6. The summed E-state index contributed by atoms with van der Waals surface area (Å²) in [5, 5.41) is 4.68. The van der Waals surface area contributed by atoms with Crippen molar-refractivity contribution in [1.29, 1.82) is 0 Å². The van der Waals surface area contributed by atoms with Crippen LogP contribution in [0, 0.1) is 0 Å². The highest BCUT2D eigenvalue weighted by atomic mass is 35.5. The van der Waals surface area contributed by atoms with Crippen LogP contribution in [-0.4, -0.2) is 18.4 Å². The third-order valence-corrected chi connectivity index (χ3v) is 7.63. The van der Waals surface area contributed by atoms with Gasteiger partial charge in [-0.25, -0.2) is 4.79 Å². The monoisotopic (exact) mass is 587 g/mol. The normalized spacial score (nSPS) is 16.3. The van der Waals surface area contributed by atoms with Crippen LogP contribution in [0.15, 0.2) is 71.4 Å². The van der Waals surface area contributed by atoms with Crippen LogP contribution in [0.25, 0.3) is 5.70 Å². The Labute approximate surface area is 239 Å². The summed E-state index contributed by atoms with van der Waals surface area (Å²) in [6.07, 6.45) is 0. The van der Waals surface area contributed by atoms with Crippen molar-refractivity contribution in [3.05, 3.63) is 114 Å². The van der Waals surface area contributed by atoms with E-state index >= 15 is 0 Å². The molecule has 0 amide bonds. The lowest BCUT2D eigenvalue weighted by Crippen LogP contribution is -2.29. The van der Waals surface area contributed by atoms with Gasteiger partial charge in [0.1, 0.15) is 6.61 Å². The van der Waals surface area contributed by atoms with Crippen LogP contribution >= 0.6 is 46.4 Å². The Hall–Kier alpha value is -2.96. The lowest BCUT2D eigenvalue weighted by molar-refractivity contribution is -0.138. The van der Waals surface area contributed by atoms with Crippen LogP contribution in [0.1, 0.15) is 46.8 Å². The average molecular weight is 589 g/mol. The van der Waals surface area contributed by atoms with Gasteiger partial charge in [0.15, 0.2) is 11.5 Å². The molecule has 2 aliphatic rings. The second kappa shape index (κ2) is 10.7. The number of fused-ring (bicyclic) bond motifs is 2. The molecule has 1 heterocycles. The summed E-state index contributed by atoms with van der Waals surface area (Å²) in [4.78, 5) is 26.8. The number of ketones is 1. The highest BCUT2D eigenvalue weighted by Gasteiger charge is 2.43. The number of allylic oxidation sites excluding steroid dienone is 2. The molecule has 0 radical (unpaired) electrons. The number of carbonyl (C=O) groups is 2. The predicted molar refractivity (Wildman–Crippen MR) is 150 cm³/mol. The van der Waals surface area contributed by atoms with Crippen molar-refractivity contribution >= 4 is 63.9 Å². The standard InChI is InChI=1S/C29H21Cl4NO4/c1-3-37-29(36)23-14(2)34-26-18-6-4-5-7-19(18)27(35)25(26)24(23)16-10-21(32)28(22(33)11-16)38-13-15-8-9-17(30)12-20(15)31/h4-12,24,34H,3,13H2,1-2H3/t24-/m1/s1. The quantitative estimate of drug-likeness (QED) is 0.295.